The van der Waals surface area contributed by atoms with Crippen LogP contribution in [0.1, 0.15) is 13.8 Å². The molecule has 0 radical (unpaired) electrons. The number of hydrogen-bond acceptors (Lipinski definition) is 4. The first kappa shape index (κ1) is 11.2. The van der Waals surface area contributed by atoms with E-state index < -0.39 is 14.7 Å². The monoisotopic (exact) mass is 283 g/mol. The number of halogens is 1. The van der Waals surface area contributed by atoms with Gasteiger partial charge in [0.05, 0.1) is 3.79 Å². The number of rotatable bonds is 2. The van der Waals surface area contributed by atoms with Crippen LogP contribution in [0, 0.1) is 0 Å². The van der Waals surface area contributed by atoms with E-state index in [-0.39, 0.29) is 0 Å². The highest BCUT2D eigenvalue weighted by atomic mass is 79.9. The minimum absolute atomic E-state index is 0.298. The Balaban J connectivity index is 3.24. The molecule has 3 nitrogen and oxygen atoms in total. The van der Waals surface area contributed by atoms with Crippen molar-refractivity contribution in [3.05, 3.63) is 15.9 Å². The summed E-state index contributed by atoms with van der Waals surface area (Å²) in [4.78, 5) is -1.22. The van der Waals surface area contributed by atoms with Crippen molar-refractivity contribution < 1.29 is 8.42 Å². The van der Waals surface area contributed by atoms with Gasteiger partial charge >= 0.3 is 0 Å². The molecule has 0 atom stereocenters. The van der Waals surface area contributed by atoms with E-state index in [0.29, 0.717) is 4.21 Å². The van der Waals surface area contributed by atoms with E-state index in [1.54, 1.807) is 12.1 Å². The first-order valence-electron chi connectivity index (χ1n) is 3.54. The molecule has 0 saturated carbocycles. The van der Waals surface area contributed by atoms with Crippen molar-refractivity contribution in [1.82, 2.24) is 0 Å². The summed E-state index contributed by atoms with van der Waals surface area (Å²) in [5.74, 6) is 0. The first-order chi connectivity index (χ1) is 5.75. The molecule has 0 aliphatic carbocycles. The average molecular weight is 284 g/mol. The lowest BCUT2D eigenvalue weighted by Gasteiger charge is -2.17. The van der Waals surface area contributed by atoms with Crippen molar-refractivity contribution >= 4 is 37.1 Å². The van der Waals surface area contributed by atoms with Crippen LogP contribution in [0.25, 0.3) is 0 Å². The van der Waals surface area contributed by atoms with Gasteiger partial charge in [-0.05, 0) is 41.9 Å². The zero-order valence-electron chi connectivity index (χ0n) is 7.24. The Morgan fingerprint density at radius 2 is 2.00 bits per heavy atom. The van der Waals surface area contributed by atoms with Crippen molar-refractivity contribution in [1.29, 1.82) is 0 Å². The minimum Gasteiger partial charge on any atom is -0.313 e. The molecule has 13 heavy (non-hydrogen) atoms. The van der Waals surface area contributed by atoms with Gasteiger partial charge in [0.2, 0.25) is 9.84 Å². The van der Waals surface area contributed by atoms with Crippen LogP contribution in [0.3, 0.4) is 0 Å². The second kappa shape index (κ2) is 3.34. The fourth-order valence-corrected chi connectivity index (χ4v) is 4.26. The molecule has 0 aliphatic rings. The molecule has 1 heterocycles. The lowest BCUT2D eigenvalue weighted by molar-refractivity contribution is 0.555. The maximum atomic E-state index is 11.7. The van der Waals surface area contributed by atoms with Gasteiger partial charge in [0.15, 0.2) is 0 Å². The average Bonchev–Trinajstić information content (AvgIpc) is 2.33. The zero-order chi connectivity index (χ0) is 10.3. The lowest BCUT2D eigenvalue weighted by Crippen LogP contribution is -2.40. The van der Waals surface area contributed by atoms with E-state index in [1.165, 1.54) is 25.2 Å². The van der Waals surface area contributed by atoms with Gasteiger partial charge in [-0.15, -0.1) is 11.3 Å². The molecule has 0 aromatic carbocycles. The van der Waals surface area contributed by atoms with Crippen LogP contribution in [0.15, 0.2) is 20.1 Å². The zero-order valence-corrected chi connectivity index (χ0v) is 10.5. The molecule has 0 spiro atoms. The van der Waals surface area contributed by atoms with Gasteiger partial charge in [-0.1, -0.05) is 0 Å². The summed E-state index contributed by atoms with van der Waals surface area (Å²) in [7, 11) is -3.39. The minimum atomic E-state index is -3.39. The van der Waals surface area contributed by atoms with Crippen molar-refractivity contribution in [2.75, 3.05) is 0 Å². The smallest absolute Gasteiger partial charge is 0.205 e. The fraction of sp³-hybridized carbons (Fsp3) is 0.429. The van der Waals surface area contributed by atoms with Gasteiger partial charge < -0.3 is 5.73 Å². The summed E-state index contributed by atoms with van der Waals surface area (Å²) >= 11 is 4.37. The lowest BCUT2D eigenvalue weighted by atomic mass is 10.4. The molecule has 6 heteroatoms. The van der Waals surface area contributed by atoms with E-state index in [9.17, 15) is 8.42 Å². The Hall–Kier alpha value is 0.0900. The van der Waals surface area contributed by atoms with E-state index >= 15 is 0 Å². The standard InChI is InChI=1S/C7H10BrNO2S2/c1-7(2,9)13(10,11)6-4-3-5(8)12-6/h3-4H,9H2,1-2H3. The number of sulfone groups is 1. The van der Waals surface area contributed by atoms with E-state index in [2.05, 4.69) is 15.9 Å². The van der Waals surface area contributed by atoms with Crippen molar-refractivity contribution in [3.8, 4) is 0 Å². The Kier molecular flexibility index (Phi) is 2.87. The van der Waals surface area contributed by atoms with Gasteiger partial charge in [-0.2, -0.15) is 0 Å². The number of nitrogens with two attached hydrogens (primary N) is 1. The summed E-state index contributed by atoms with van der Waals surface area (Å²) in [6.45, 7) is 2.96. The summed E-state index contributed by atoms with van der Waals surface area (Å²) in [6.07, 6.45) is 0. The van der Waals surface area contributed by atoms with Gasteiger partial charge in [-0.3, -0.25) is 0 Å². The molecule has 1 aromatic rings. The third-order valence-corrected chi connectivity index (χ3v) is 5.88. The van der Waals surface area contributed by atoms with Crippen LogP contribution in [0.5, 0.6) is 0 Å². The second-order valence-corrected chi connectivity index (χ2v) is 8.39. The summed E-state index contributed by atoms with van der Waals surface area (Å²) < 4.78 is 24.5. The Labute approximate surface area is 90.0 Å². The summed E-state index contributed by atoms with van der Waals surface area (Å²) in [6, 6.07) is 3.25. The van der Waals surface area contributed by atoms with Gasteiger partial charge in [0.1, 0.15) is 9.08 Å². The maximum Gasteiger partial charge on any atom is 0.205 e. The molecule has 74 valence electrons. The Morgan fingerprint density at radius 1 is 1.46 bits per heavy atom. The highest BCUT2D eigenvalue weighted by Gasteiger charge is 2.32. The second-order valence-electron chi connectivity index (χ2n) is 3.17. The Morgan fingerprint density at radius 3 is 2.31 bits per heavy atom. The fourth-order valence-electron chi connectivity index (χ4n) is 0.701. The highest BCUT2D eigenvalue weighted by Crippen LogP contribution is 2.30. The van der Waals surface area contributed by atoms with E-state index in [4.69, 9.17) is 5.73 Å². The molecule has 0 aliphatic heterocycles. The molecule has 0 bridgehead atoms. The topological polar surface area (TPSA) is 60.2 Å². The SMILES string of the molecule is CC(C)(N)S(=O)(=O)c1ccc(Br)s1. The van der Waals surface area contributed by atoms with E-state index in [0.717, 1.165) is 3.79 Å². The summed E-state index contributed by atoms with van der Waals surface area (Å²) in [5.41, 5.74) is 5.56. The third-order valence-electron chi connectivity index (χ3n) is 1.51. The van der Waals surface area contributed by atoms with Crippen LogP contribution < -0.4 is 5.73 Å². The molecule has 0 unspecified atom stereocenters. The molecule has 1 aromatic heterocycles. The number of thiophene rings is 1. The van der Waals surface area contributed by atoms with Crippen LogP contribution in [0.2, 0.25) is 0 Å². The van der Waals surface area contributed by atoms with Crippen molar-refractivity contribution in [3.63, 3.8) is 0 Å². The van der Waals surface area contributed by atoms with Crippen LogP contribution in [-0.4, -0.2) is 13.3 Å². The van der Waals surface area contributed by atoms with Crippen LogP contribution in [0.4, 0.5) is 0 Å². The number of hydrogen-bond donors (Lipinski definition) is 1. The largest absolute Gasteiger partial charge is 0.313 e. The predicted molar refractivity (Wildman–Crippen MR) is 57.5 cm³/mol. The molecular formula is C7H10BrNO2S2. The quantitative estimate of drug-likeness (QED) is 0.903. The maximum absolute atomic E-state index is 11.7. The van der Waals surface area contributed by atoms with Gasteiger partial charge in [0.25, 0.3) is 0 Å². The normalized spacial score (nSPS) is 13.2. The predicted octanol–water partition coefficient (Wildman–Crippen LogP) is 1.98. The molecule has 2 N–H and O–H groups in total. The van der Waals surface area contributed by atoms with Crippen molar-refractivity contribution in [2.45, 2.75) is 22.9 Å². The van der Waals surface area contributed by atoms with Crippen molar-refractivity contribution in [2.24, 2.45) is 5.73 Å². The highest BCUT2D eigenvalue weighted by molar-refractivity contribution is 9.11. The van der Waals surface area contributed by atoms with Gasteiger partial charge in [0, 0.05) is 0 Å². The Bertz CT molecular complexity index is 402. The molecule has 1 rings (SSSR count). The van der Waals surface area contributed by atoms with Crippen LogP contribution in [-0.2, 0) is 9.84 Å². The molecular weight excluding hydrogens is 274 g/mol. The van der Waals surface area contributed by atoms with Gasteiger partial charge in [-0.25, -0.2) is 8.42 Å². The molecule has 0 fully saturated rings. The van der Waals surface area contributed by atoms with E-state index in [1.807, 2.05) is 0 Å². The third kappa shape index (κ3) is 2.12. The summed E-state index contributed by atoms with van der Waals surface area (Å²) in [5, 5.41) is 0. The molecule has 0 amide bonds. The molecule has 0 saturated heterocycles. The first-order valence-corrected chi connectivity index (χ1v) is 6.63. The van der Waals surface area contributed by atoms with Crippen LogP contribution >= 0.6 is 27.3 Å².